The van der Waals surface area contributed by atoms with Gasteiger partial charge in [-0.2, -0.15) is 5.10 Å². The molecule has 0 spiro atoms. The van der Waals surface area contributed by atoms with Gasteiger partial charge in [-0.05, 0) is 25.5 Å². The number of nitrogens with two attached hydrogens (primary N) is 1. The van der Waals surface area contributed by atoms with E-state index < -0.39 is 0 Å². The fourth-order valence-electron chi connectivity index (χ4n) is 1.30. The fraction of sp³-hybridized carbons (Fsp3) is 0.300. The number of aromatic nitrogens is 4. The zero-order chi connectivity index (χ0) is 11.5. The van der Waals surface area contributed by atoms with Gasteiger partial charge in [-0.15, -0.1) is 0 Å². The molecule has 2 aromatic rings. The molecule has 2 N–H and O–H groups in total. The second kappa shape index (κ2) is 4.59. The van der Waals surface area contributed by atoms with Crippen molar-refractivity contribution < 1.29 is 0 Å². The van der Waals surface area contributed by atoms with Gasteiger partial charge in [-0.3, -0.25) is 0 Å². The van der Waals surface area contributed by atoms with Crippen LogP contribution in [0.3, 0.4) is 0 Å². The largest absolute Gasteiger partial charge is 0.330 e. The van der Waals surface area contributed by atoms with Crippen molar-refractivity contribution in [1.29, 1.82) is 0 Å². The Kier molecular flexibility index (Phi) is 3.17. The summed E-state index contributed by atoms with van der Waals surface area (Å²) in [5, 5.41) is 4.80. The van der Waals surface area contributed by atoms with Crippen LogP contribution < -0.4 is 5.73 Å². The molecule has 0 bridgehead atoms. The van der Waals surface area contributed by atoms with Gasteiger partial charge in [-0.25, -0.2) is 14.6 Å². The molecule has 16 heavy (non-hydrogen) atoms. The molecule has 0 aliphatic heterocycles. The van der Waals surface area contributed by atoms with Crippen molar-refractivity contribution in [1.82, 2.24) is 19.7 Å². The zero-order valence-electron chi connectivity index (χ0n) is 8.89. The highest BCUT2D eigenvalue weighted by Gasteiger charge is 2.05. The third-order valence-corrected chi connectivity index (χ3v) is 2.54. The highest BCUT2D eigenvalue weighted by molar-refractivity contribution is 6.31. The quantitative estimate of drug-likeness (QED) is 0.869. The van der Waals surface area contributed by atoms with Crippen molar-refractivity contribution in [2.45, 2.75) is 13.3 Å². The van der Waals surface area contributed by atoms with E-state index in [1.165, 1.54) is 0 Å². The van der Waals surface area contributed by atoms with Crippen LogP contribution in [0.1, 0.15) is 11.3 Å². The molecule has 2 aromatic heterocycles. The van der Waals surface area contributed by atoms with Gasteiger partial charge in [0.1, 0.15) is 0 Å². The Labute approximate surface area is 98.3 Å². The van der Waals surface area contributed by atoms with Crippen LogP contribution in [-0.4, -0.2) is 26.3 Å². The van der Waals surface area contributed by atoms with Gasteiger partial charge >= 0.3 is 0 Å². The highest BCUT2D eigenvalue weighted by Crippen LogP contribution is 2.13. The maximum Gasteiger partial charge on any atom is 0.250 e. The third-order valence-electron chi connectivity index (χ3n) is 2.17. The summed E-state index contributed by atoms with van der Waals surface area (Å²) in [5.74, 6) is 0.510. The van der Waals surface area contributed by atoms with Crippen LogP contribution in [0.4, 0.5) is 0 Å². The van der Waals surface area contributed by atoms with E-state index in [0.29, 0.717) is 17.5 Å². The normalized spacial score (nSPS) is 10.7. The molecule has 0 aliphatic rings. The lowest BCUT2D eigenvalue weighted by Gasteiger charge is -2.00. The Morgan fingerprint density at radius 1 is 1.38 bits per heavy atom. The van der Waals surface area contributed by atoms with E-state index in [9.17, 15) is 0 Å². The van der Waals surface area contributed by atoms with E-state index in [4.69, 9.17) is 17.3 Å². The van der Waals surface area contributed by atoms with Crippen molar-refractivity contribution in [2.75, 3.05) is 6.54 Å². The molecule has 6 heteroatoms. The van der Waals surface area contributed by atoms with Crippen LogP contribution in [0.5, 0.6) is 0 Å². The smallest absolute Gasteiger partial charge is 0.250 e. The van der Waals surface area contributed by atoms with E-state index >= 15 is 0 Å². The highest BCUT2D eigenvalue weighted by atomic mass is 35.5. The molecule has 0 fully saturated rings. The molecule has 84 valence electrons. The lowest BCUT2D eigenvalue weighted by molar-refractivity contribution is 0.789. The molecule has 0 radical (unpaired) electrons. The van der Waals surface area contributed by atoms with Crippen molar-refractivity contribution in [3.8, 4) is 5.95 Å². The van der Waals surface area contributed by atoms with Crippen molar-refractivity contribution in [3.05, 3.63) is 34.9 Å². The monoisotopic (exact) mass is 237 g/mol. The molecule has 5 nitrogen and oxygen atoms in total. The summed E-state index contributed by atoms with van der Waals surface area (Å²) >= 11 is 5.90. The summed E-state index contributed by atoms with van der Waals surface area (Å²) in [4.78, 5) is 8.39. The lowest BCUT2D eigenvalue weighted by atomic mass is 10.2. The minimum absolute atomic E-state index is 0.510. The second-order valence-electron chi connectivity index (χ2n) is 3.44. The summed E-state index contributed by atoms with van der Waals surface area (Å²) < 4.78 is 1.56. The molecule has 0 aromatic carbocycles. The van der Waals surface area contributed by atoms with E-state index in [1.54, 1.807) is 23.3 Å². The average molecular weight is 238 g/mol. The predicted molar refractivity (Wildman–Crippen MR) is 61.7 cm³/mol. The average Bonchev–Trinajstić information content (AvgIpc) is 2.61. The number of rotatable bonds is 3. The van der Waals surface area contributed by atoms with Crippen LogP contribution in [0.2, 0.25) is 5.02 Å². The van der Waals surface area contributed by atoms with Crippen LogP contribution >= 0.6 is 11.6 Å². The topological polar surface area (TPSA) is 69.6 Å². The molecule has 2 heterocycles. The van der Waals surface area contributed by atoms with Crippen molar-refractivity contribution in [3.63, 3.8) is 0 Å². The molecule has 0 unspecified atom stereocenters. The summed E-state index contributed by atoms with van der Waals surface area (Å²) in [6.45, 7) is 2.43. The number of aryl methyl sites for hydroxylation is 1. The lowest BCUT2D eigenvalue weighted by Crippen LogP contribution is -2.06. The number of hydrogen-bond acceptors (Lipinski definition) is 4. The first-order valence-corrected chi connectivity index (χ1v) is 5.31. The second-order valence-corrected chi connectivity index (χ2v) is 3.84. The van der Waals surface area contributed by atoms with Crippen molar-refractivity contribution in [2.24, 2.45) is 5.73 Å². The molecule has 0 saturated carbocycles. The Balaban J connectivity index is 2.27. The first kappa shape index (κ1) is 11.0. The third kappa shape index (κ3) is 2.20. The fourth-order valence-corrected chi connectivity index (χ4v) is 1.43. The first-order chi connectivity index (χ1) is 7.70. The minimum atomic E-state index is 0.510. The molecule has 0 amide bonds. The van der Waals surface area contributed by atoms with E-state index in [1.807, 2.05) is 6.92 Å². The molecule has 2 rings (SSSR count). The van der Waals surface area contributed by atoms with Crippen molar-refractivity contribution >= 4 is 11.6 Å². The molecular weight excluding hydrogens is 226 g/mol. The van der Waals surface area contributed by atoms with E-state index in [0.717, 1.165) is 17.7 Å². The number of halogens is 1. The molecule has 0 saturated heterocycles. The van der Waals surface area contributed by atoms with Crippen LogP contribution in [0.25, 0.3) is 5.95 Å². The minimum Gasteiger partial charge on any atom is -0.330 e. The predicted octanol–water partition coefficient (Wildman–Crippen LogP) is 1.13. The van der Waals surface area contributed by atoms with Gasteiger partial charge in [-0.1, -0.05) is 11.6 Å². The summed E-state index contributed by atoms with van der Waals surface area (Å²) in [6, 6.07) is 0. The van der Waals surface area contributed by atoms with Gasteiger partial charge < -0.3 is 5.73 Å². The summed E-state index contributed by atoms with van der Waals surface area (Å²) in [7, 11) is 0. The zero-order valence-corrected chi connectivity index (χ0v) is 9.65. The van der Waals surface area contributed by atoms with Gasteiger partial charge in [0.15, 0.2) is 0 Å². The maximum atomic E-state index is 5.90. The van der Waals surface area contributed by atoms with Gasteiger partial charge in [0.25, 0.3) is 0 Å². The standard InChI is InChI=1S/C10H12ClN5/c1-7-9(11)6-16(15-7)10-13-4-8(2-3-12)5-14-10/h4-6H,2-3,12H2,1H3. The Morgan fingerprint density at radius 3 is 2.56 bits per heavy atom. The first-order valence-electron chi connectivity index (χ1n) is 4.94. The number of hydrogen-bond donors (Lipinski definition) is 1. The van der Waals surface area contributed by atoms with Crippen LogP contribution in [0.15, 0.2) is 18.6 Å². The van der Waals surface area contributed by atoms with Gasteiger partial charge in [0.2, 0.25) is 5.95 Å². The maximum absolute atomic E-state index is 5.90. The van der Waals surface area contributed by atoms with Gasteiger partial charge in [0, 0.05) is 12.4 Å². The Bertz CT molecular complexity index is 457. The summed E-state index contributed by atoms with van der Waals surface area (Å²) in [5.41, 5.74) is 7.22. The molecular formula is C10H12ClN5. The SMILES string of the molecule is Cc1nn(-c2ncc(CCN)cn2)cc1Cl. The van der Waals surface area contributed by atoms with E-state index in [2.05, 4.69) is 15.1 Å². The van der Waals surface area contributed by atoms with Gasteiger partial charge in [0.05, 0.1) is 16.9 Å². The van der Waals surface area contributed by atoms with E-state index in [-0.39, 0.29) is 0 Å². The summed E-state index contributed by atoms with van der Waals surface area (Å²) in [6.07, 6.45) is 5.97. The van der Waals surface area contributed by atoms with Crippen LogP contribution in [0, 0.1) is 6.92 Å². The van der Waals surface area contributed by atoms with Crippen LogP contribution in [-0.2, 0) is 6.42 Å². The molecule has 0 atom stereocenters. The molecule has 0 aliphatic carbocycles. The Morgan fingerprint density at radius 2 is 2.06 bits per heavy atom. The Hall–Kier alpha value is -1.46. The number of nitrogens with zero attached hydrogens (tertiary/aromatic N) is 4.